The van der Waals surface area contributed by atoms with E-state index in [0.717, 1.165) is 23.7 Å². The van der Waals surface area contributed by atoms with E-state index in [0.29, 0.717) is 6.61 Å². The van der Waals surface area contributed by atoms with Gasteiger partial charge in [-0.1, -0.05) is 18.2 Å². The molecule has 5 heteroatoms. The Morgan fingerprint density at radius 3 is 2.22 bits per heavy atom. The summed E-state index contributed by atoms with van der Waals surface area (Å²) < 4.78 is 42.8. The van der Waals surface area contributed by atoms with E-state index >= 15 is 0 Å². The van der Waals surface area contributed by atoms with Gasteiger partial charge in [0.1, 0.15) is 0 Å². The first-order valence-electron chi connectivity index (χ1n) is 5.65. The van der Waals surface area contributed by atoms with Crippen molar-refractivity contribution in [2.24, 2.45) is 0 Å². The van der Waals surface area contributed by atoms with Crippen molar-refractivity contribution in [2.75, 3.05) is 0 Å². The number of alkyl halides is 3. The molecule has 0 radical (unpaired) electrons. The normalized spacial score (nSPS) is 12.5. The summed E-state index contributed by atoms with van der Waals surface area (Å²) in [6, 6.07) is 5.91. The first kappa shape index (κ1) is 15.0. The van der Waals surface area contributed by atoms with Crippen LogP contribution in [-0.2, 0) is 17.2 Å². The second kappa shape index (κ2) is 5.71. The average Bonchev–Trinajstić information content (AvgIpc) is 2.26. The number of rotatable bonds is 5. The lowest BCUT2D eigenvalue weighted by molar-refractivity contribution is -0.137. The largest absolute Gasteiger partial charge is 0.416 e. The van der Waals surface area contributed by atoms with Gasteiger partial charge < -0.3 is 4.43 Å². The van der Waals surface area contributed by atoms with Crippen molar-refractivity contribution in [1.29, 1.82) is 0 Å². The van der Waals surface area contributed by atoms with Crippen LogP contribution in [0.15, 0.2) is 36.9 Å². The SMILES string of the molecule is C=CC[Si](C)(C)OCc1ccc(C(F)(F)F)cc1. The fraction of sp³-hybridized carbons (Fsp3) is 0.385. The van der Waals surface area contributed by atoms with Crippen molar-refractivity contribution in [1.82, 2.24) is 0 Å². The van der Waals surface area contributed by atoms with E-state index in [-0.39, 0.29) is 0 Å². The highest BCUT2D eigenvalue weighted by Gasteiger charge is 2.30. The van der Waals surface area contributed by atoms with Crippen LogP contribution < -0.4 is 0 Å². The lowest BCUT2D eigenvalue weighted by atomic mass is 10.1. The molecule has 0 saturated heterocycles. The van der Waals surface area contributed by atoms with Crippen LogP contribution in [0.5, 0.6) is 0 Å². The predicted octanol–water partition coefficient (Wildman–Crippen LogP) is 4.61. The highest BCUT2D eigenvalue weighted by molar-refractivity contribution is 6.71. The van der Waals surface area contributed by atoms with Gasteiger partial charge >= 0.3 is 6.18 Å². The maximum atomic E-state index is 12.4. The molecule has 0 aliphatic carbocycles. The van der Waals surface area contributed by atoms with E-state index in [4.69, 9.17) is 4.43 Å². The summed E-state index contributed by atoms with van der Waals surface area (Å²) in [5, 5.41) is 0. The molecular formula is C13H17F3OSi. The number of hydrogen-bond acceptors (Lipinski definition) is 1. The molecule has 0 fully saturated rings. The molecule has 0 bridgehead atoms. The van der Waals surface area contributed by atoms with Gasteiger partial charge in [-0.3, -0.25) is 0 Å². The third-order valence-electron chi connectivity index (χ3n) is 2.55. The lowest BCUT2D eigenvalue weighted by Gasteiger charge is -2.21. The average molecular weight is 274 g/mol. The first-order chi connectivity index (χ1) is 8.24. The van der Waals surface area contributed by atoms with E-state index < -0.39 is 20.1 Å². The van der Waals surface area contributed by atoms with Gasteiger partial charge in [0.25, 0.3) is 0 Å². The summed E-state index contributed by atoms with van der Waals surface area (Å²) in [6.07, 6.45) is -2.46. The fourth-order valence-corrected chi connectivity index (χ4v) is 2.85. The molecule has 0 atom stereocenters. The fourth-order valence-electron chi connectivity index (χ4n) is 1.48. The number of hydrogen-bond donors (Lipinski definition) is 0. The quantitative estimate of drug-likeness (QED) is 0.562. The van der Waals surface area contributed by atoms with Crippen LogP contribution in [0.4, 0.5) is 13.2 Å². The van der Waals surface area contributed by atoms with E-state index in [9.17, 15) is 13.2 Å². The zero-order valence-electron chi connectivity index (χ0n) is 10.6. The Morgan fingerprint density at radius 2 is 1.78 bits per heavy atom. The zero-order valence-corrected chi connectivity index (χ0v) is 11.6. The molecule has 1 rings (SSSR count). The summed E-state index contributed by atoms with van der Waals surface area (Å²) >= 11 is 0. The Kier molecular flexibility index (Phi) is 4.75. The van der Waals surface area contributed by atoms with Crippen molar-refractivity contribution >= 4 is 8.32 Å². The van der Waals surface area contributed by atoms with Gasteiger partial charge in [-0.2, -0.15) is 13.2 Å². The molecule has 1 nitrogen and oxygen atoms in total. The summed E-state index contributed by atoms with van der Waals surface area (Å²) in [5.41, 5.74) is 0.126. The Hall–Kier alpha value is -1.07. The Morgan fingerprint density at radius 1 is 1.22 bits per heavy atom. The number of benzene rings is 1. The Bertz CT molecular complexity index is 396. The second-order valence-electron chi connectivity index (χ2n) is 4.74. The number of halogens is 3. The first-order valence-corrected chi connectivity index (χ1v) is 8.77. The van der Waals surface area contributed by atoms with Crippen LogP contribution in [0.3, 0.4) is 0 Å². The van der Waals surface area contributed by atoms with Crippen molar-refractivity contribution in [3.8, 4) is 0 Å². The minimum atomic E-state index is -4.28. The molecule has 18 heavy (non-hydrogen) atoms. The van der Waals surface area contributed by atoms with Gasteiger partial charge in [0, 0.05) is 0 Å². The van der Waals surface area contributed by atoms with E-state index in [1.54, 1.807) is 0 Å². The van der Waals surface area contributed by atoms with Crippen LogP contribution in [0.2, 0.25) is 19.1 Å². The molecule has 0 spiro atoms. The number of allylic oxidation sites excluding steroid dienone is 1. The topological polar surface area (TPSA) is 9.23 Å². The standard InChI is InChI=1S/C13H17F3OSi/c1-4-9-18(2,3)17-10-11-5-7-12(8-6-11)13(14,15)16/h4-8H,1,9-10H2,2-3H3. The van der Waals surface area contributed by atoms with Crippen LogP contribution >= 0.6 is 0 Å². The smallest absolute Gasteiger partial charge is 0.413 e. The third-order valence-corrected chi connectivity index (χ3v) is 4.74. The van der Waals surface area contributed by atoms with Gasteiger partial charge in [-0.25, -0.2) is 0 Å². The van der Waals surface area contributed by atoms with Gasteiger partial charge in [0.05, 0.1) is 12.2 Å². The molecule has 0 aliphatic rings. The molecular weight excluding hydrogens is 257 g/mol. The van der Waals surface area contributed by atoms with Crippen molar-refractivity contribution in [2.45, 2.75) is 31.9 Å². The van der Waals surface area contributed by atoms with Gasteiger partial charge in [0.2, 0.25) is 0 Å². The lowest BCUT2D eigenvalue weighted by Crippen LogP contribution is -2.28. The molecule has 0 N–H and O–H groups in total. The summed E-state index contributed by atoms with van der Waals surface area (Å²) in [6.45, 7) is 8.13. The maximum absolute atomic E-state index is 12.4. The van der Waals surface area contributed by atoms with Crippen LogP contribution in [0.25, 0.3) is 0 Å². The van der Waals surface area contributed by atoms with Gasteiger partial charge in [-0.05, 0) is 36.8 Å². The molecule has 0 saturated carbocycles. The summed E-state index contributed by atoms with van der Waals surface area (Å²) in [7, 11) is -1.78. The van der Waals surface area contributed by atoms with E-state index in [1.807, 2.05) is 6.08 Å². The Balaban J connectivity index is 2.62. The van der Waals surface area contributed by atoms with Gasteiger partial charge in [-0.15, -0.1) is 6.58 Å². The highest BCUT2D eigenvalue weighted by Crippen LogP contribution is 2.29. The highest BCUT2D eigenvalue weighted by atomic mass is 28.4. The molecule has 0 amide bonds. The predicted molar refractivity (Wildman–Crippen MR) is 68.7 cm³/mol. The van der Waals surface area contributed by atoms with Crippen LogP contribution in [0.1, 0.15) is 11.1 Å². The molecule has 1 aromatic rings. The molecule has 0 heterocycles. The summed E-state index contributed by atoms with van der Waals surface area (Å²) in [4.78, 5) is 0. The minimum absolute atomic E-state index is 0.352. The molecule has 0 aliphatic heterocycles. The second-order valence-corrected chi connectivity index (χ2v) is 8.95. The van der Waals surface area contributed by atoms with Crippen molar-refractivity contribution in [3.05, 3.63) is 48.0 Å². The third kappa shape index (κ3) is 4.66. The van der Waals surface area contributed by atoms with Crippen molar-refractivity contribution < 1.29 is 17.6 Å². The van der Waals surface area contributed by atoms with Crippen molar-refractivity contribution in [3.63, 3.8) is 0 Å². The monoisotopic (exact) mass is 274 g/mol. The zero-order chi connectivity index (χ0) is 13.8. The molecule has 100 valence electrons. The Labute approximate surface area is 106 Å². The van der Waals surface area contributed by atoms with Crippen LogP contribution in [-0.4, -0.2) is 8.32 Å². The van der Waals surface area contributed by atoms with Crippen LogP contribution in [0, 0.1) is 0 Å². The summed E-state index contributed by atoms with van der Waals surface area (Å²) in [5.74, 6) is 0. The molecule has 0 aromatic heterocycles. The maximum Gasteiger partial charge on any atom is 0.416 e. The van der Waals surface area contributed by atoms with Gasteiger partial charge in [0.15, 0.2) is 8.32 Å². The molecule has 0 unspecified atom stereocenters. The van der Waals surface area contributed by atoms with E-state index in [1.165, 1.54) is 12.1 Å². The minimum Gasteiger partial charge on any atom is -0.413 e. The molecule has 1 aromatic carbocycles. The van der Waals surface area contributed by atoms with E-state index in [2.05, 4.69) is 19.7 Å².